The fourth-order valence-electron chi connectivity index (χ4n) is 4.36. The quantitative estimate of drug-likeness (QED) is 0.776. The lowest BCUT2D eigenvalue weighted by Crippen LogP contribution is -2.28. The molecular weight excluding hydrogens is 322 g/mol. The van der Waals surface area contributed by atoms with Crippen LogP contribution in [-0.2, 0) is 12.0 Å². The molecule has 1 fully saturated rings. The highest BCUT2D eigenvalue weighted by Crippen LogP contribution is 2.43. The number of hydrogen-bond donors (Lipinski definition) is 1. The normalized spacial score (nSPS) is 23.6. The number of halogens is 1. The standard InChI is InChI=1S/C18H20ClN5/c1-2-23-5-3-18(11-23)4-6-24-16(18)8-15(22-24)12-7-13-14(19)10-21-17(13)20-9-12/h7-10H,2-6,11H2,1H3,(H,20,21). The molecule has 0 aromatic carbocycles. The smallest absolute Gasteiger partial charge is 0.138 e. The lowest BCUT2D eigenvalue weighted by atomic mass is 9.82. The second kappa shape index (κ2) is 5.07. The molecule has 3 aromatic rings. The van der Waals surface area contributed by atoms with Crippen LogP contribution in [0.2, 0.25) is 5.02 Å². The Morgan fingerprint density at radius 3 is 3.00 bits per heavy atom. The van der Waals surface area contributed by atoms with E-state index in [0.29, 0.717) is 10.4 Å². The van der Waals surface area contributed by atoms with Gasteiger partial charge in [-0.25, -0.2) is 4.98 Å². The maximum Gasteiger partial charge on any atom is 0.138 e. The topological polar surface area (TPSA) is 49.7 Å². The summed E-state index contributed by atoms with van der Waals surface area (Å²) in [5.74, 6) is 0. The van der Waals surface area contributed by atoms with Crippen molar-refractivity contribution in [3.8, 4) is 11.3 Å². The van der Waals surface area contributed by atoms with Crippen LogP contribution in [0.5, 0.6) is 0 Å². The summed E-state index contributed by atoms with van der Waals surface area (Å²) >= 11 is 6.24. The first-order valence-corrected chi connectivity index (χ1v) is 9.00. The largest absolute Gasteiger partial charge is 0.345 e. The van der Waals surface area contributed by atoms with Crippen molar-refractivity contribution in [2.45, 2.75) is 31.7 Å². The van der Waals surface area contributed by atoms with Gasteiger partial charge in [-0.3, -0.25) is 4.68 Å². The number of likely N-dealkylation sites (tertiary alicyclic amines) is 1. The number of nitrogens with zero attached hydrogens (tertiary/aromatic N) is 4. The average molecular weight is 342 g/mol. The Hall–Kier alpha value is -1.85. The second-order valence-corrected chi connectivity index (χ2v) is 7.45. The minimum absolute atomic E-state index is 0.296. The van der Waals surface area contributed by atoms with E-state index in [1.165, 1.54) is 25.1 Å². The molecule has 2 aliphatic heterocycles. The van der Waals surface area contributed by atoms with Crippen molar-refractivity contribution >= 4 is 22.6 Å². The Labute approximate surface area is 145 Å². The van der Waals surface area contributed by atoms with Gasteiger partial charge in [0.15, 0.2) is 0 Å². The van der Waals surface area contributed by atoms with Gasteiger partial charge in [0.25, 0.3) is 0 Å². The summed E-state index contributed by atoms with van der Waals surface area (Å²) in [7, 11) is 0. The summed E-state index contributed by atoms with van der Waals surface area (Å²) in [5.41, 5.74) is 4.55. The molecule has 1 unspecified atom stereocenters. The van der Waals surface area contributed by atoms with Crippen molar-refractivity contribution in [2.75, 3.05) is 19.6 Å². The van der Waals surface area contributed by atoms with Crippen LogP contribution in [0.25, 0.3) is 22.3 Å². The third kappa shape index (κ3) is 1.98. The van der Waals surface area contributed by atoms with Gasteiger partial charge in [-0.15, -0.1) is 0 Å². The number of aromatic nitrogens is 4. The van der Waals surface area contributed by atoms with Gasteiger partial charge in [0.2, 0.25) is 0 Å². The number of H-pyrrole nitrogens is 1. The second-order valence-electron chi connectivity index (χ2n) is 7.04. The maximum atomic E-state index is 6.24. The fourth-order valence-corrected chi connectivity index (χ4v) is 4.55. The molecule has 0 amide bonds. The summed E-state index contributed by atoms with van der Waals surface area (Å²) in [6.45, 7) is 6.76. The van der Waals surface area contributed by atoms with Crippen LogP contribution in [0.3, 0.4) is 0 Å². The molecule has 3 aromatic heterocycles. The van der Waals surface area contributed by atoms with Gasteiger partial charge >= 0.3 is 0 Å². The highest BCUT2D eigenvalue weighted by atomic mass is 35.5. The zero-order chi connectivity index (χ0) is 16.3. The third-order valence-corrected chi connectivity index (χ3v) is 6.09. The van der Waals surface area contributed by atoms with Gasteiger partial charge in [0, 0.05) is 47.5 Å². The molecule has 2 aliphatic rings. The van der Waals surface area contributed by atoms with E-state index < -0.39 is 0 Å². The van der Waals surface area contributed by atoms with Crippen LogP contribution in [0.15, 0.2) is 24.5 Å². The molecule has 1 atom stereocenters. The van der Waals surface area contributed by atoms with Crippen molar-refractivity contribution in [2.24, 2.45) is 0 Å². The summed E-state index contributed by atoms with van der Waals surface area (Å²) in [5, 5.41) is 6.52. The van der Waals surface area contributed by atoms with Crippen molar-refractivity contribution in [1.82, 2.24) is 24.6 Å². The molecule has 0 aliphatic carbocycles. The van der Waals surface area contributed by atoms with E-state index in [4.69, 9.17) is 16.7 Å². The highest BCUT2D eigenvalue weighted by molar-refractivity contribution is 6.35. The first-order valence-electron chi connectivity index (χ1n) is 8.62. The first kappa shape index (κ1) is 14.5. The molecule has 0 radical (unpaired) electrons. The lowest BCUT2D eigenvalue weighted by molar-refractivity contribution is 0.324. The third-order valence-electron chi connectivity index (χ3n) is 5.78. The molecule has 0 bridgehead atoms. The van der Waals surface area contributed by atoms with E-state index in [0.717, 1.165) is 41.9 Å². The number of aromatic amines is 1. The average Bonchev–Trinajstić information content (AvgIpc) is 3.34. The van der Waals surface area contributed by atoms with Crippen molar-refractivity contribution in [1.29, 1.82) is 0 Å². The van der Waals surface area contributed by atoms with Gasteiger partial charge in [0.1, 0.15) is 5.65 Å². The number of likely N-dealkylation sites (N-methyl/N-ethyl adjacent to an activating group) is 1. The van der Waals surface area contributed by atoms with Crippen molar-refractivity contribution in [3.63, 3.8) is 0 Å². The highest BCUT2D eigenvalue weighted by Gasteiger charge is 2.45. The maximum absolute atomic E-state index is 6.24. The molecule has 1 saturated heterocycles. The first-order chi connectivity index (χ1) is 11.7. The number of fused-ring (bicyclic) bond motifs is 3. The van der Waals surface area contributed by atoms with Crippen LogP contribution in [0.4, 0.5) is 0 Å². The molecule has 24 heavy (non-hydrogen) atoms. The number of nitrogens with one attached hydrogen (secondary N) is 1. The minimum Gasteiger partial charge on any atom is -0.345 e. The SMILES string of the molecule is CCN1CCC2(CCn3nc(-c4cnc5[nH]cc(Cl)c5c4)cc32)C1. The molecule has 5 rings (SSSR count). The van der Waals surface area contributed by atoms with E-state index in [2.05, 4.69) is 38.6 Å². The minimum atomic E-state index is 0.296. The molecule has 1 N–H and O–H groups in total. The van der Waals surface area contributed by atoms with E-state index in [1.807, 2.05) is 6.20 Å². The Bertz CT molecular complexity index is 927. The zero-order valence-corrected chi connectivity index (χ0v) is 14.5. The molecule has 5 heterocycles. The van der Waals surface area contributed by atoms with Gasteiger partial charge in [0.05, 0.1) is 10.7 Å². The van der Waals surface area contributed by atoms with Crippen molar-refractivity contribution < 1.29 is 0 Å². The Morgan fingerprint density at radius 2 is 2.17 bits per heavy atom. The van der Waals surface area contributed by atoms with E-state index in [9.17, 15) is 0 Å². The summed E-state index contributed by atoms with van der Waals surface area (Å²) in [6.07, 6.45) is 6.12. The van der Waals surface area contributed by atoms with Crippen LogP contribution < -0.4 is 0 Å². The van der Waals surface area contributed by atoms with Crippen LogP contribution in [0.1, 0.15) is 25.5 Å². The molecule has 0 saturated carbocycles. The number of rotatable bonds is 2. The Morgan fingerprint density at radius 1 is 1.29 bits per heavy atom. The van der Waals surface area contributed by atoms with Crippen LogP contribution >= 0.6 is 11.6 Å². The predicted molar refractivity (Wildman–Crippen MR) is 95.4 cm³/mol. The van der Waals surface area contributed by atoms with Crippen LogP contribution in [0, 0.1) is 0 Å². The molecule has 6 heteroatoms. The van der Waals surface area contributed by atoms with E-state index in [1.54, 1.807) is 6.20 Å². The summed E-state index contributed by atoms with van der Waals surface area (Å²) < 4.78 is 2.21. The van der Waals surface area contributed by atoms with Gasteiger partial charge in [-0.05, 0) is 38.1 Å². The van der Waals surface area contributed by atoms with Crippen molar-refractivity contribution in [3.05, 3.63) is 35.2 Å². The van der Waals surface area contributed by atoms with Gasteiger partial charge in [-0.1, -0.05) is 18.5 Å². The van der Waals surface area contributed by atoms with Crippen LogP contribution in [-0.4, -0.2) is 44.3 Å². The van der Waals surface area contributed by atoms with Gasteiger partial charge < -0.3 is 9.88 Å². The number of hydrogen-bond acceptors (Lipinski definition) is 3. The summed E-state index contributed by atoms with van der Waals surface area (Å²) in [6, 6.07) is 4.36. The van der Waals surface area contributed by atoms with Gasteiger partial charge in [-0.2, -0.15) is 5.10 Å². The number of pyridine rings is 1. The molecular formula is C18H20ClN5. The molecule has 124 valence electrons. The fraction of sp³-hybridized carbons (Fsp3) is 0.444. The number of aryl methyl sites for hydroxylation is 1. The Balaban J connectivity index is 1.56. The van der Waals surface area contributed by atoms with E-state index in [-0.39, 0.29) is 0 Å². The summed E-state index contributed by atoms with van der Waals surface area (Å²) in [4.78, 5) is 10.1. The molecule has 5 nitrogen and oxygen atoms in total. The molecule has 1 spiro atoms. The Kier molecular flexibility index (Phi) is 3.06. The monoisotopic (exact) mass is 341 g/mol. The zero-order valence-electron chi connectivity index (χ0n) is 13.7. The predicted octanol–water partition coefficient (Wildman–Crippen LogP) is 3.45. The van der Waals surface area contributed by atoms with E-state index >= 15 is 0 Å². The lowest BCUT2D eigenvalue weighted by Gasteiger charge is -2.22.